The Morgan fingerprint density at radius 1 is 0.917 bits per heavy atom. The molecule has 0 aliphatic carbocycles. The van der Waals surface area contributed by atoms with Gasteiger partial charge in [-0.2, -0.15) is 13.2 Å². The molecule has 0 atom stereocenters. The van der Waals surface area contributed by atoms with Crippen LogP contribution in [-0.2, 0) is 25.8 Å². The predicted octanol–water partition coefficient (Wildman–Crippen LogP) is 5.25. The van der Waals surface area contributed by atoms with Crippen LogP contribution < -0.4 is 9.47 Å². The third-order valence-corrected chi connectivity index (χ3v) is 6.30. The van der Waals surface area contributed by atoms with Crippen molar-refractivity contribution in [2.75, 3.05) is 19.9 Å². The zero-order valence-corrected chi connectivity index (χ0v) is 19.6. The highest BCUT2D eigenvalue weighted by atomic mass is 19.4. The predicted molar refractivity (Wildman–Crippen MR) is 123 cm³/mol. The number of hydrogen-bond acceptors (Lipinski definition) is 6. The summed E-state index contributed by atoms with van der Waals surface area (Å²) < 4.78 is 55.4. The highest BCUT2D eigenvalue weighted by Gasteiger charge is 2.30. The second-order valence-corrected chi connectivity index (χ2v) is 9.01. The van der Waals surface area contributed by atoms with Crippen molar-refractivity contribution in [2.24, 2.45) is 0 Å². The van der Waals surface area contributed by atoms with Crippen molar-refractivity contribution >= 4 is 5.91 Å². The molecule has 10 heteroatoms. The number of nitrogens with zero attached hydrogens (tertiary/aromatic N) is 3. The zero-order valence-electron chi connectivity index (χ0n) is 19.6. The molecule has 1 amide bonds. The molecular weight excluding hydrogens is 475 g/mol. The SMILES string of the molecule is O=C(c1coc(CN(Cc2ccc(C(F)(F)F)cc2)Cc2ccc3c(c2)OCO3)n1)N1CCCCC1. The van der Waals surface area contributed by atoms with Crippen molar-refractivity contribution in [3.63, 3.8) is 0 Å². The molecule has 3 heterocycles. The Balaban J connectivity index is 1.33. The summed E-state index contributed by atoms with van der Waals surface area (Å²) in [6.07, 6.45) is 0.0651. The number of rotatable bonds is 7. The first kappa shape index (κ1) is 24.2. The fourth-order valence-electron chi connectivity index (χ4n) is 4.45. The molecule has 1 aromatic heterocycles. The minimum absolute atomic E-state index is 0.144. The van der Waals surface area contributed by atoms with Crippen LogP contribution >= 0.6 is 0 Å². The van der Waals surface area contributed by atoms with E-state index in [9.17, 15) is 18.0 Å². The standard InChI is InChI=1S/C26H26F3N3O4/c27-26(28,29)20-7-4-18(5-8-20)13-31(14-19-6-9-22-23(12-19)36-17-35-22)15-24-30-21(16-34-24)25(33)32-10-2-1-3-11-32/h4-9,12,16H,1-3,10-11,13-15,17H2. The van der Waals surface area contributed by atoms with Crippen LogP contribution in [0.1, 0.15) is 52.3 Å². The number of carbonyl (C=O) groups excluding carboxylic acids is 1. The maximum atomic E-state index is 13.0. The molecule has 1 fully saturated rings. The Bertz CT molecular complexity index is 1200. The third kappa shape index (κ3) is 5.64. The molecule has 2 aliphatic heterocycles. The van der Waals surface area contributed by atoms with E-state index in [1.54, 1.807) is 4.90 Å². The summed E-state index contributed by atoms with van der Waals surface area (Å²) in [5.74, 6) is 1.53. The number of piperidine rings is 1. The number of hydrogen-bond donors (Lipinski definition) is 0. The minimum Gasteiger partial charge on any atom is -0.454 e. The number of likely N-dealkylation sites (tertiary alicyclic amines) is 1. The van der Waals surface area contributed by atoms with Crippen LogP contribution in [0.2, 0.25) is 0 Å². The summed E-state index contributed by atoms with van der Waals surface area (Å²) in [5.41, 5.74) is 1.22. The fourth-order valence-corrected chi connectivity index (χ4v) is 4.45. The van der Waals surface area contributed by atoms with Gasteiger partial charge in [0.1, 0.15) is 6.26 Å². The largest absolute Gasteiger partial charge is 0.454 e. The number of oxazole rings is 1. The van der Waals surface area contributed by atoms with Crippen LogP contribution in [-0.4, -0.2) is 40.6 Å². The van der Waals surface area contributed by atoms with Crippen molar-refractivity contribution in [1.29, 1.82) is 0 Å². The molecule has 0 unspecified atom stereocenters. The van der Waals surface area contributed by atoms with Gasteiger partial charge in [0.15, 0.2) is 17.2 Å². The third-order valence-electron chi connectivity index (χ3n) is 6.30. The van der Waals surface area contributed by atoms with Gasteiger partial charge in [0.25, 0.3) is 5.91 Å². The normalized spacial score (nSPS) is 15.5. The summed E-state index contributed by atoms with van der Waals surface area (Å²) in [6, 6.07) is 10.7. The highest BCUT2D eigenvalue weighted by molar-refractivity contribution is 5.92. The maximum absolute atomic E-state index is 13.0. The van der Waals surface area contributed by atoms with Crippen molar-refractivity contribution in [3.8, 4) is 11.5 Å². The van der Waals surface area contributed by atoms with Gasteiger partial charge in [-0.15, -0.1) is 0 Å². The number of fused-ring (bicyclic) bond motifs is 1. The lowest BCUT2D eigenvalue weighted by Crippen LogP contribution is -2.35. The number of ether oxygens (including phenoxy) is 2. The van der Waals surface area contributed by atoms with Gasteiger partial charge < -0.3 is 18.8 Å². The van der Waals surface area contributed by atoms with Gasteiger partial charge in [-0.25, -0.2) is 4.98 Å². The van der Waals surface area contributed by atoms with Gasteiger partial charge in [-0.05, 0) is 54.7 Å². The van der Waals surface area contributed by atoms with Crippen molar-refractivity contribution in [1.82, 2.24) is 14.8 Å². The average molecular weight is 502 g/mol. The molecule has 0 N–H and O–H groups in total. The first-order valence-electron chi connectivity index (χ1n) is 11.9. The van der Waals surface area contributed by atoms with Crippen LogP contribution in [0.5, 0.6) is 11.5 Å². The van der Waals surface area contributed by atoms with Crippen molar-refractivity contribution in [3.05, 3.63) is 77.0 Å². The van der Waals surface area contributed by atoms with Crippen LogP contribution in [0.3, 0.4) is 0 Å². The lowest BCUT2D eigenvalue weighted by Gasteiger charge is -2.25. The monoisotopic (exact) mass is 501 g/mol. The lowest BCUT2D eigenvalue weighted by atomic mass is 10.1. The molecule has 190 valence electrons. The molecule has 3 aromatic rings. The molecule has 7 nitrogen and oxygen atoms in total. The average Bonchev–Trinajstić information content (AvgIpc) is 3.53. The molecular formula is C26H26F3N3O4. The van der Waals surface area contributed by atoms with E-state index in [2.05, 4.69) is 4.98 Å². The molecule has 5 rings (SSSR count). The lowest BCUT2D eigenvalue weighted by molar-refractivity contribution is -0.137. The Kier molecular flexibility index (Phi) is 6.86. The van der Waals surface area contributed by atoms with E-state index in [0.29, 0.717) is 49.1 Å². The summed E-state index contributed by atoms with van der Waals surface area (Å²) in [6.45, 7) is 2.66. The second-order valence-electron chi connectivity index (χ2n) is 9.01. The van der Waals surface area contributed by atoms with Gasteiger partial charge in [0, 0.05) is 26.2 Å². The molecule has 0 bridgehead atoms. The Morgan fingerprint density at radius 3 is 2.36 bits per heavy atom. The van der Waals surface area contributed by atoms with E-state index in [4.69, 9.17) is 13.9 Å². The number of aromatic nitrogens is 1. The highest BCUT2D eigenvalue weighted by Crippen LogP contribution is 2.33. The van der Waals surface area contributed by atoms with Crippen molar-refractivity contribution < 1.29 is 31.9 Å². The van der Waals surface area contributed by atoms with Gasteiger partial charge in [0.2, 0.25) is 12.7 Å². The van der Waals surface area contributed by atoms with E-state index in [1.165, 1.54) is 18.4 Å². The number of carbonyl (C=O) groups is 1. The van der Waals surface area contributed by atoms with Gasteiger partial charge in [-0.1, -0.05) is 18.2 Å². The molecule has 0 radical (unpaired) electrons. The summed E-state index contributed by atoms with van der Waals surface area (Å²) in [5, 5.41) is 0. The quantitative estimate of drug-likeness (QED) is 0.441. The van der Waals surface area contributed by atoms with Crippen LogP contribution in [0.15, 0.2) is 53.1 Å². The first-order valence-corrected chi connectivity index (χ1v) is 11.9. The van der Waals surface area contributed by atoms with E-state index in [1.807, 2.05) is 23.1 Å². The van der Waals surface area contributed by atoms with Gasteiger partial charge in [-0.3, -0.25) is 9.69 Å². The smallest absolute Gasteiger partial charge is 0.416 e. The molecule has 2 aliphatic rings. The molecule has 1 saturated heterocycles. The van der Waals surface area contributed by atoms with Crippen LogP contribution in [0.4, 0.5) is 13.2 Å². The maximum Gasteiger partial charge on any atom is 0.416 e. The first-order chi connectivity index (χ1) is 17.3. The summed E-state index contributed by atoms with van der Waals surface area (Å²) >= 11 is 0. The molecule has 36 heavy (non-hydrogen) atoms. The Morgan fingerprint density at radius 2 is 1.61 bits per heavy atom. The number of amides is 1. The molecule has 0 spiro atoms. The Hall–Kier alpha value is -3.53. The summed E-state index contributed by atoms with van der Waals surface area (Å²) in [7, 11) is 0. The number of benzene rings is 2. The van der Waals surface area contributed by atoms with E-state index >= 15 is 0 Å². The molecule has 0 saturated carbocycles. The zero-order chi connectivity index (χ0) is 25.1. The van der Waals surface area contributed by atoms with E-state index in [0.717, 1.165) is 37.0 Å². The van der Waals surface area contributed by atoms with Gasteiger partial charge >= 0.3 is 6.18 Å². The van der Waals surface area contributed by atoms with E-state index < -0.39 is 11.7 Å². The van der Waals surface area contributed by atoms with Gasteiger partial charge in [0.05, 0.1) is 12.1 Å². The minimum atomic E-state index is -4.39. The van der Waals surface area contributed by atoms with Crippen LogP contribution in [0, 0.1) is 0 Å². The van der Waals surface area contributed by atoms with Crippen molar-refractivity contribution in [2.45, 2.75) is 45.1 Å². The van der Waals surface area contributed by atoms with E-state index in [-0.39, 0.29) is 24.9 Å². The number of alkyl halides is 3. The Labute approximate surface area is 206 Å². The fraction of sp³-hybridized carbons (Fsp3) is 0.385. The number of halogens is 3. The molecule has 2 aromatic carbocycles. The van der Waals surface area contributed by atoms with Crippen LogP contribution in [0.25, 0.3) is 0 Å². The topological polar surface area (TPSA) is 68.0 Å². The second kappa shape index (κ2) is 10.2. The summed E-state index contributed by atoms with van der Waals surface area (Å²) in [4.78, 5) is 21.0.